The SMILES string of the molecule is Cc1cccc(-n2nc3c(c2-n2cccc2)CN(C(=O)c2ccc4ccccc4n2)C3)c1. The van der Waals surface area contributed by atoms with Crippen molar-refractivity contribution < 1.29 is 4.79 Å². The van der Waals surface area contributed by atoms with Gasteiger partial charge in [-0.25, -0.2) is 9.67 Å². The summed E-state index contributed by atoms with van der Waals surface area (Å²) in [4.78, 5) is 19.7. The number of benzene rings is 2. The van der Waals surface area contributed by atoms with Crippen molar-refractivity contribution in [3.8, 4) is 11.5 Å². The lowest BCUT2D eigenvalue weighted by atomic mass is 10.2. The summed E-state index contributed by atoms with van der Waals surface area (Å²) < 4.78 is 4.05. The molecule has 5 aromatic rings. The normalized spacial score (nSPS) is 13.0. The van der Waals surface area contributed by atoms with E-state index in [4.69, 9.17) is 5.10 Å². The molecule has 0 N–H and O–H groups in total. The fraction of sp³-hybridized carbons (Fsp3) is 0.115. The van der Waals surface area contributed by atoms with E-state index in [9.17, 15) is 4.79 Å². The van der Waals surface area contributed by atoms with Gasteiger partial charge in [-0.1, -0.05) is 36.4 Å². The van der Waals surface area contributed by atoms with Crippen molar-refractivity contribution in [2.45, 2.75) is 20.0 Å². The zero-order valence-electron chi connectivity index (χ0n) is 17.6. The van der Waals surface area contributed by atoms with Gasteiger partial charge < -0.3 is 9.47 Å². The highest BCUT2D eigenvalue weighted by molar-refractivity contribution is 5.95. The summed E-state index contributed by atoms with van der Waals surface area (Å²) in [5.41, 5.74) is 5.46. The molecule has 0 aliphatic carbocycles. The third kappa shape index (κ3) is 3.00. The van der Waals surface area contributed by atoms with E-state index in [1.165, 1.54) is 5.56 Å². The average molecular weight is 419 g/mol. The number of fused-ring (bicyclic) bond motifs is 2. The number of hydrogen-bond acceptors (Lipinski definition) is 3. The molecule has 1 aliphatic heterocycles. The molecule has 2 aromatic carbocycles. The molecule has 156 valence electrons. The highest BCUT2D eigenvalue weighted by Gasteiger charge is 2.32. The summed E-state index contributed by atoms with van der Waals surface area (Å²) >= 11 is 0. The van der Waals surface area contributed by atoms with Crippen LogP contribution in [0, 0.1) is 6.92 Å². The molecule has 6 heteroatoms. The van der Waals surface area contributed by atoms with Crippen LogP contribution < -0.4 is 0 Å². The van der Waals surface area contributed by atoms with Crippen LogP contribution in [0.3, 0.4) is 0 Å². The van der Waals surface area contributed by atoms with Gasteiger partial charge in [-0.15, -0.1) is 0 Å². The lowest BCUT2D eigenvalue weighted by molar-refractivity contribution is 0.0743. The van der Waals surface area contributed by atoms with Gasteiger partial charge in [0.2, 0.25) is 0 Å². The standard InChI is InChI=1S/C26H21N5O/c1-18-7-6-9-20(15-18)31-25(29-13-4-5-14-29)21-16-30(17-24(21)28-31)26(32)23-12-11-19-8-2-3-10-22(19)27-23/h2-15H,16-17H2,1H3. The smallest absolute Gasteiger partial charge is 0.273 e. The number of para-hydroxylation sites is 1. The number of rotatable bonds is 3. The Hall–Kier alpha value is -4.19. The predicted octanol–water partition coefficient (Wildman–Crippen LogP) is 4.68. The zero-order valence-corrected chi connectivity index (χ0v) is 17.6. The highest BCUT2D eigenvalue weighted by atomic mass is 16.2. The zero-order chi connectivity index (χ0) is 21.7. The molecule has 32 heavy (non-hydrogen) atoms. The van der Waals surface area contributed by atoms with Crippen molar-refractivity contribution in [2.24, 2.45) is 0 Å². The summed E-state index contributed by atoms with van der Waals surface area (Å²) in [6, 6.07) is 23.9. The molecular formula is C26H21N5O. The molecule has 6 nitrogen and oxygen atoms in total. The van der Waals surface area contributed by atoms with Gasteiger partial charge in [-0.05, 0) is 48.9 Å². The molecule has 3 aromatic heterocycles. The van der Waals surface area contributed by atoms with E-state index in [1.807, 2.05) is 70.5 Å². The molecule has 1 amide bonds. The van der Waals surface area contributed by atoms with Crippen molar-refractivity contribution in [1.82, 2.24) is 24.2 Å². The van der Waals surface area contributed by atoms with Gasteiger partial charge in [0, 0.05) is 23.3 Å². The lowest BCUT2D eigenvalue weighted by Crippen LogP contribution is -2.27. The monoisotopic (exact) mass is 419 g/mol. The third-order valence-corrected chi connectivity index (χ3v) is 5.93. The second kappa shape index (κ2) is 7.20. The molecule has 0 fully saturated rings. The molecule has 4 heterocycles. The Morgan fingerprint density at radius 3 is 2.59 bits per heavy atom. The first-order chi connectivity index (χ1) is 15.7. The van der Waals surface area contributed by atoms with Gasteiger partial charge in [0.1, 0.15) is 11.5 Å². The maximum absolute atomic E-state index is 13.3. The summed E-state index contributed by atoms with van der Waals surface area (Å²) in [6.45, 7) is 3.05. The maximum atomic E-state index is 13.3. The fourth-order valence-electron chi connectivity index (χ4n) is 4.37. The van der Waals surface area contributed by atoms with Crippen LogP contribution in [0.2, 0.25) is 0 Å². The first-order valence-electron chi connectivity index (χ1n) is 10.6. The Kier molecular flexibility index (Phi) is 4.18. The Bertz CT molecular complexity index is 1470. The summed E-state index contributed by atoms with van der Waals surface area (Å²) in [5.74, 6) is 0.895. The van der Waals surface area contributed by atoms with E-state index >= 15 is 0 Å². The van der Waals surface area contributed by atoms with Gasteiger partial charge in [0.25, 0.3) is 5.91 Å². The van der Waals surface area contributed by atoms with Gasteiger partial charge >= 0.3 is 0 Å². The van der Waals surface area contributed by atoms with Crippen LogP contribution in [-0.4, -0.2) is 30.1 Å². The van der Waals surface area contributed by atoms with E-state index in [2.05, 4.69) is 34.7 Å². The Labute approximate surface area is 185 Å². The number of aromatic nitrogens is 4. The van der Waals surface area contributed by atoms with Crippen LogP contribution >= 0.6 is 0 Å². The van der Waals surface area contributed by atoms with Crippen LogP contribution in [0.5, 0.6) is 0 Å². The Balaban J connectivity index is 1.38. The van der Waals surface area contributed by atoms with E-state index in [1.54, 1.807) is 6.07 Å². The Morgan fingerprint density at radius 2 is 1.75 bits per heavy atom. The van der Waals surface area contributed by atoms with Crippen molar-refractivity contribution in [2.75, 3.05) is 0 Å². The third-order valence-electron chi connectivity index (χ3n) is 5.93. The molecule has 0 atom stereocenters. The van der Waals surface area contributed by atoms with E-state index in [-0.39, 0.29) is 5.91 Å². The van der Waals surface area contributed by atoms with Crippen LogP contribution in [0.4, 0.5) is 0 Å². The molecule has 0 radical (unpaired) electrons. The number of aryl methyl sites for hydroxylation is 1. The second-order valence-corrected chi connectivity index (χ2v) is 8.14. The summed E-state index contributed by atoms with van der Waals surface area (Å²) in [5, 5.41) is 5.94. The van der Waals surface area contributed by atoms with E-state index < -0.39 is 0 Å². The summed E-state index contributed by atoms with van der Waals surface area (Å²) in [6.07, 6.45) is 4.03. The van der Waals surface area contributed by atoms with Gasteiger partial charge in [-0.3, -0.25) is 4.79 Å². The molecule has 0 unspecified atom stereocenters. The van der Waals surface area contributed by atoms with E-state index in [0.717, 1.165) is 33.7 Å². The first-order valence-corrected chi connectivity index (χ1v) is 10.6. The summed E-state index contributed by atoms with van der Waals surface area (Å²) in [7, 11) is 0. The van der Waals surface area contributed by atoms with Crippen molar-refractivity contribution >= 4 is 16.8 Å². The number of hydrogen-bond donors (Lipinski definition) is 0. The number of amides is 1. The molecule has 0 spiro atoms. The topological polar surface area (TPSA) is 56.0 Å². The highest BCUT2D eigenvalue weighted by Crippen LogP contribution is 2.31. The van der Waals surface area contributed by atoms with Crippen molar-refractivity contribution in [1.29, 1.82) is 0 Å². The number of nitrogens with zero attached hydrogens (tertiary/aromatic N) is 5. The fourth-order valence-corrected chi connectivity index (χ4v) is 4.37. The van der Waals surface area contributed by atoms with Crippen molar-refractivity contribution in [3.63, 3.8) is 0 Å². The second-order valence-electron chi connectivity index (χ2n) is 8.14. The molecule has 0 saturated carbocycles. The quantitative estimate of drug-likeness (QED) is 0.427. The molecule has 0 bridgehead atoms. The first kappa shape index (κ1) is 18.6. The maximum Gasteiger partial charge on any atom is 0.273 e. The van der Waals surface area contributed by atoms with Crippen LogP contribution in [0.15, 0.2) is 85.2 Å². The van der Waals surface area contributed by atoms with Crippen LogP contribution in [0.1, 0.15) is 27.3 Å². The minimum absolute atomic E-state index is 0.0747. The largest absolute Gasteiger partial charge is 0.327 e. The molecule has 1 aliphatic rings. The van der Waals surface area contributed by atoms with Crippen molar-refractivity contribution in [3.05, 3.63) is 108 Å². The number of carbonyl (C=O) groups is 1. The Morgan fingerprint density at radius 1 is 0.906 bits per heavy atom. The van der Waals surface area contributed by atoms with Crippen LogP contribution in [0.25, 0.3) is 22.4 Å². The van der Waals surface area contributed by atoms with Crippen LogP contribution in [-0.2, 0) is 13.1 Å². The average Bonchev–Trinajstić information content (AvgIpc) is 3.54. The lowest BCUT2D eigenvalue weighted by Gasteiger charge is -2.17. The molecule has 0 saturated heterocycles. The minimum atomic E-state index is -0.0747. The number of pyridine rings is 1. The van der Waals surface area contributed by atoms with E-state index in [0.29, 0.717) is 18.8 Å². The molecular weight excluding hydrogens is 398 g/mol. The predicted molar refractivity (Wildman–Crippen MR) is 123 cm³/mol. The molecule has 6 rings (SSSR count). The van der Waals surface area contributed by atoms with Gasteiger partial charge in [0.15, 0.2) is 0 Å². The number of carbonyl (C=O) groups excluding carboxylic acids is 1. The minimum Gasteiger partial charge on any atom is -0.327 e. The van der Waals surface area contributed by atoms with Gasteiger partial charge in [-0.2, -0.15) is 5.10 Å². The van der Waals surface area contributed by atoms with Gasteiger partial charge in [0.05, 0.1) is 30.0 Å².